The molecule has 1 saturated heterocycles. The fourth-order valence-electron chi connectivity index (χ4n) is 3.30. The molecule has 7 heteroatoms. The maximum atomic E-state index is 9.93. The van der Waals surface area contributed by atoms with E-state index in [1.54, 1.807) is 12.1 Å². The van der Waals surface area contributed by atoms with Gasteiger partial charge in [-0.15, -0.1) is 0 Å². The Hall–Kier alpha value is -2.60. The lowest BCUT2D eigenvalue weighted by Gasteiger charge is -2.20. The summed E-state index contributed by atoms with van der Waals surface area (Å²) in [7, 11) is 1.54. The molecule has 1 unspecified atom stereocenters. The molecular weight excluding hydrogens is 376 g/mol. The monoisotopic (exact) mass is 402 g/mol. The van der Waals surface area contributed by atoms with Gasteiger partial charge in [0.2, 0.25) is 0 Å². The third-order valence-corrected chi connectivity index (χ3v) is 4.94. The van der Waals surface area contributed by atoms with E-state index >= 15 is 0 Å². The molecule has 150 valence electrons. The van der Waals surface area contributed by atoms with E-state index in [0.717, 1.165) is 48.3 Å². The molecule has 1 heterocycles. The highest BCUT2D eigenvalue weighted by molar-refractivity contribution is 6.30. The van der Waals surface area contributed by atoms with Crippen LogP contribution in [0.5, 0.6) is 11.5 Å². The van der Waals surface area contributed by atoms with Gasteiger partial charge >= 0.3 is 0 Å². The van der Waals surface area contributed by atoms with Crippen LogP contribution in [0.1, 0.15) is 18.9 Å². The van der Waals surface area contributed by atoms with Crippen LogP contribution in [0, 0.1) is 0 Å². The fourth-order valence-corrected chi connectivity index (χ4v) is 3.49. The minimum atomic E-state index is 0.126. The first-order valence-electron chi connectivity index (χ1n) is 9.50. The van der Waals surface area contributed by atoms with Crippen LogP contribution >= 0.6 is 11.6 Å². The Kier molecular flexibility index (Phi) is 6.87. The van der Waals surface area contributed by atoms with Crippen molar-refractivity contribution in [3.63, 3.8) is 0 Å². The van der Waals surface area contributed by atoms with Gasteiger partial charge in [-0.3, -0.25) is 0 Å². The quantitative estimate of drug-likeness (QED) is 0.510. The van der Waals surface area contributed by atoms with Gasteiger partial charge in [-0.25, -0.2) is 4.99 Å². The van der Waals surface area contributed by atoms with Crippen molar-refractivity contribution in [1.29, 1.82) is 0 Å². The van der Waals surface area contributed by atoms with Gasteiger partial charge in [0.15, 0.2) is 17.5 Å². The molecule has 3 rings (SSSR count). The van der Waals surface area contributed by atoms with E-state index in [0.29, 0.717) is 18.3 Å². The first-order chi connectivity index (χ1) is 13.6. The van der Waals surface area contributed by atoms with Gasteiger partial charge in [-0.2, -0.15) is 0 Å². The van der Waals surface area contributed by atoms with E-state index in [4.69, 9.17) is 16.3 Å². The molecule has 0 spiro atoms. The first-order valence-corrected chi connectivity index (χ1v) is 9.88. The van der Waals surface area contributed by atoms with Crippen molar-refractivity contribution < 1.29 is 9.84 Å². The lowest BCUT2D eigenvalue weighted by Crippen LogP contribution is -2.44. The van der Waals surface area contributed by atoms with Gasteiger partial charge in [0.1, 0.15) is 0 Å². The number of nitrogens with zero attached hydrogens (tertiary/aromatic N) is 2. The highest BCUT2D eigenvalue weighted by Gasteiger charge is 2.23. The Morgan fingerprint density at radius 3 is 2.89 bits per heavy atom. The number of methoxy groups -OCH3 is 1. The molecule has 0 aromatic heterocycles. The Morgan fingerprint density at radius 1 is 1.32 bits per heavy atom. The number of ether oxygens (including phenoxy) is 1. The number of phenolic OH excluding ortho intramolecular Hbond substituents is 1. The largest absolute Gasteiger partial charge is 0.504 e. The summed E-state index contributed by atoms with van der Waals surface area (Å²) in [5.74, 6) is 1.36. The fraction of sp³-hybridized carbons (Fsp3) is 0.381. The summed E-state index contributed by atoms with van der Waals surface area (Å²) in [6.45, 7) is 5.17. The molecule has 0 radical (unpaired) electrons. The van der Waals surface area contributed by atoms with Crippen LogP contribution < -0.4 is 20.3 Å². The zero-order chi connectivity index (χ0) is 19.9. The van der Waals surface area contributed by atoms with Crippen molar-refractivity contribution in [3.8, 4) is 11.5 Å². The van der Waals surface area contributed by atoms with Crippen molar-refractivity contribution in [2.24, 2.45) is 4.99 Å². The van der Waals surface area contributed by atoms with Gasteiger partial charge < -0.3 is 25.4 Å². The summed E-state index contributed by atoms with van der Waals surface area (Å²) in [6, 6.07) is 13.6. The molecule has 2 aromatic rings. The predicted molar refractivity (Wildman–Crippen MR) is 115 cm³/mol. The van der Waals surface area contributed by atoms with E-state index in [9.17, 15) is 5.11 Å². The molecule has 2 aromatic carbocycles. The van der Waals surface area contributed by atoms with E-state index in [1.165, 1.54) is 7.11 Å². The lowest BCUT2D eigenvalue weighted by molar-refractivity contribution is 0.373. The summed E-state index contributed by atoms with van der Waals surface area (Å²) in [5.41, 5.74) is 2.06. The standard InChI is InChI=1S/C21H27ClN4O2/c1-3-23-21(24-13-15-7-8-20(28-2)19(27)11-15)25-17-9-10-26(14-17)18-6-4-5-16(22)12-18/h4-8,11-12,17,27H,3,9-10,13-14H2,1-2H3,(H2,23,24,25). The Balaban J connectivity index is 1.61. The summed E-state index contributed by atoms with van der Waals surface area (Å²) in [4.78, 5) is 6.99. The molecule has 1 fully saturated rings. The average molecular weight is 403 g/mol. The second-order valence-corrected chi connectivity index (χ2v) is 7.19. The minimum absolute atomic E-state index is 0.126. The molecule has 6 nitrogen and oxygen atoms in total. The number of hydrogen-bond acceptors (Lipinski definition) is 4. The molecule has 0 bridgehead atoms. The summed E-state index contributed by atoms with van der Waals surface area (Å²) in [6.07, 6.45) is 1.03. The number of anilines is 1. The highest BCUT2D eigenvalue weighted by Crippen LogP contribution is 2.26. The summed E-state index contributed by atoms with van der Waals surface area (Å²) >= 11 is 6.12. The van der Waals surface area contributed by atoms with Crippen molar-refractivity contribution in [1.82, 2.24) is 10.6 Å². The number of aromatic hydroxyl groups is 1. The molecule has 0 amide bonds. The SMILES string of the molecule is CCNC(=NCc1ccc(OC)c(O)c1)NC1CCN(c2cccc(Cl)c2)C1. The maximum absolute atomic E-state index is 9.93. The zero-order valence-electron chi connectivity index (χ0n) is 16.3. The molecule has 3 N–H and O–H groups in total. The Morgan fingerprint density at radius 2 is 2.18 bits per heavy atom. The Labute approximate surface area is 171 Å². The minimum Gasteiger partial charge on any atom is -0.504 e. The number of aliphatic imine (C=N–C) groups is 1. The molecular formula is C21H27ClN4O2. The van der Waals surface area contributed by atoms with Crippen molar-refractivity contribution in [2.45, 2.75) is 25.9 Å². The van der Waals surface area contributed by atoms with Gasteiger partial charge in [0.05, 0.1) is 13.7 Å². The van der Waals surface area contributed by atoms with Crippen LogP contribution in [0.3, 0.4) is 0 Å². The normalized spacial score (nSPS) is 16.9. The van der Waals surface area contributed by atoms with Crippen LogP contribution in [-0.4, -0.2) is 43.9 Å². The molecule has 28 heavy (non-hydrogen) atoms. The third-order valence-electron chi connectivity index (χ3n) is 4.71. The van der Waals surface area contributed by atoms with E-state index in [1.807, 2.05) is 31.2 Å². The van der Waals surface area contributed by atoms with Crippen LogP contribution in [-0.2, 0) is 6.54 Å². The second-order valence-electron chi connectivity index (χ2n) is 6.76. The van der Waals surface area contributed by atoms with E-state index in [-0.39, 0.29) is 5.75 Å². The zero-order valence-corrected chi connectivity index (χ0v) is 17.0. The predicted octanol–water partition coefficient (Wildman–Crippen LogP) is 3.39. The number of phenols is 1. The smallest absolute Gasteiger partial charge is 0.191 e. The second kappa shape index (κ2) is 9.55. The number of halogens is 1. The van der Waals surface area contributed by atoms with Crippen molar-refractivity contribution >= 4 is 23.2 Å². The molecule has 1 aliphatic rings. The number of guanidine groups is 1. The number of hydrogen-bond donors (Lipinski definition) is 3. The van der Waals surface area contributed by atoms with Crippen LogP contribution in [0.4, 0.5) is 5.69 Å². The first kappa shape index (κ1) is 20.1. The highest BCUT2D eigenvalue weighted by atomic mass is 35.5. The van der Waals surface area contributed by atoms with Crippen LogP contribution in [0.25, 0.3) is 0 Å². The maximum Gasteiger partial charge on any atom is 0.191 e. The lowest BCUT2D eigenvalue weighted by atomic mass is 10.2. The summed E-state index contributed by atoms with van der Waals surface area (Å²) in [5, 5.41) is 17.5. The van der Waals surface area contributed by atoms with Gasteiger partial charge in [-0.05, 0) is 49.2 Å². The number of nitrogens with one attached hydrogen (secondary N) is 2. The van der Waals surface area contributed by atoms with Crippen molar-refractivity contribution in [3.05, 3.63) is 53.1 Å². The van der Waals surface area contributed by atoms with Gasteiger partial charge in [0.25, 0.3) is 0 Å². The van der Waals surface area contributed by atoms with Gasteiger partial charge in [0, 0.05) is 36.4 Å². The van der Waals surface area contributed by atoms with Crippen LogP contribution in [0.2, 0.25) is 5.02 Å². The third kappa shape index (κ3) is 5.23. The number of benzene rings is 2. The molecule has 1 aliphatic heterocycles. The molecule has 0 aliphatic carbocycles. The topological polar surface area (TPSA) is 69.1 Å². The molecule has 0 saturated carbocycles. The van der Waals surface area contributed by atoms with E-state index in [2.05, 4.69) is 26.6 Å². The summed E-state index contributed by atoms with van der Waals surface area (Å²) < 4.78 is 5.08. The van der Waals surface area contributed by atoms with Crippen molar-refractivity contribution in [2.75, 3.05) is 31.6 Å². The molecule has 1 atom stereocenters. The number of rotatable bonds is 6. The van der Waals surface area contributed by atoms with Gasteiger partial charge in [-0.1, -0.05) is 23.7 Å². The Bertz CT molecular complexity index is 828. The van der Waals surface area contributed by atoms with E-state index < -0.39 is 0 Å². The average Bonchev–Trinajstić information content (AvgIpc) is 3.15. The van der Waals surface area contributed by atoms with Crippen LogP contribution in [0.15, 0.2) is 47.5 Å².